The topological polar surface area (TPSA) is 183 Å². The van der Waals surface area contributed by atoms with Crippen LogP contribution < -0.4 is 22.5 Å². The van der Waals surface area contributed by atoms with Crippen molar-refractivity contribution in [3.8, 4) is 0 Å². The molecule has 12 heteroatoms. The van der Waals surface area contributed by atoms with Crippen LogP contribution in [-0.4, -0.2) is 74.8 Å². The lowest BCUT2D eigenvalue weighted by Crippen LogP contribution is -2.45. The van der Waals surface area contributed by atoms with Gasteiger partial charge in [0.1, 0.15) is 24.2 Å². The first-order valence-electron chi connectivity index (χ1n) is 9.73. The van der Waals surface area contributed by atoms with Crippen molar-refractivity contribution >= 4 is 34.6 Å². The van der Waals surface area contributed by atoms with Gasteiger partial charge in [0.05, 0.1) is 12.9 Å². The maximum absolute atomic E-state index is 13.0. The lowest BCUT2D eigenvalue weighted by atomic mass is 10.1. The zero-order chi connectivity index (χ0) is 22.1. The van der Waals surface area contributed by atoms with E-state index >= 15 is 0 Å². The molecule has 2 rings (SSSR count). The van der Waals surface area contributed by atoms with Gasteiger partial charge in [-0.1, -0.05) is 0 Å². The van der Waals surface area contributed by atoms with Gasteiger partial charge in [0.25, 0.3) is 0 Å². The molecular formula is C18H30N10O2. The Labute approximate surface area is 174 Å². The molecule has 0 aliphatic heterocycles. The third kappa shape index (κ3) is 6.65. The van der Waals surface area contributed by atoms with E-state index in [1.165, 1.54) is 19.6 Å². The van der Waals surface area contributed by atoms with E-state index in [-0.39, 0.29) is 42.6 Å². The smallest absolute Gasteiger partial charge is 0.243 e. The summed E-state index contributed by atoms with van der Waals surface area (Å²) in [5.41, 5.74) is 17.4. The van der Waals surface area contributed by atoms with Crippen LogP contribution in [0.1, 0.15) is 26.2 Å². The number of nitrogens with one attached hydrogen (secondary N) is 1. The van der Waals surface area contributed by atoms with Gasteiger partial charge in [0.15, 0.2) is 17.4 Å². The minimum Gasteiger partial charge on any atom is -0.382 e. The first kappa shape index (κ1) is 23.0. The second kappa shape index (κ2) is 11.0. The fraction of sp³-hybridized carbons (Fsp3) is 0.556. The molecule has 0 radical (unpaired) electrons. The Hall–Kier alpha value is -3.28. The molecule has 0 aliphatic carbocycles. The number of amides is 1. The van der Waals surface area contributed by atoms with Crippen molar-refractivity contribution in [3.05, 3.63) is 12.7 Å². The number of nitrogens with zero attached hydrogens (tertiary/aromatic N) is 6. The largest absolute Gasteiger partial charge is 0.382 e. The molecule has 2 aromatic rings. The van der Waals surface area contributed by atoms with Gasteiger partial charge in [-0.3, -0.25) is 14.6 Å². The number of nitrogens with two attached hydrogens (primary N) is 3. The van der Waals surface area contributed by atoms with Crippen LogP contribution in [0.5, 0.6) is 0 Å². The third-order valence-corrected chi connectivity index (χ3v) is 4.61. The van der Waals surface area contributed by atoms with Gasteiger partial charge < -0.3 is 32.0 Å². The van der Waals surface area contributed by atoms with Gasteiger partial charge in [0, 0.05) is 19.1 Å². The highest BCUT2D eigenvalue weighted by Crippen LogP contribution is 2.14. The van der Waals surface area contributed by atoms with E-state index in [2.05, 4.69) is 25.3 Å². The van der Waals surface area contributed by atoms with Crippen molar-refractivity contribution in [3.63, 3.8) is 0 Å². The normalized spacial score (nSPS) is 11.9. The van der Waals surface area contributed by atoms with Crippen molar-refractivity contribution in [1.82, 2.24) is 29.7 Å². The number of hydrogen-bond acceptors (Lipinski definition) is 8. The van der Waals surface area contributed by atoms with Crippen LogP contribution >= 0.6 is 0 Å². The Kier molecular flexibility index (Phi) is 8.47. The van der Waals surface area contributed by atoms with Crippen LogP contribution in [0.25, 0.3) is 11.2 Å². The summed E-state index contributed by atoms with van der Waals surface area (Å²) in [4.78, 5) is 42.4. The van der Waals surface area contributed by atoms with Gasteiger partial charge >= 0.3 is 0 Å². The fourth-order valence-corrected chi connectivity index (χ4v) is 3.09. The average molecular weight is 419 g/mol. The number of fused-ring (bicyclic) bond motifs is 1. The number of guanidine groups is 1. The molecule has 2 aromatic heterocycles. The average Bonchev–Trinajstić information content (AvgIpc) is 3.09. The summed E-state index contributed by atoms with van der Waals surface area (Å²) < 4.78 is 1.60. The number of carbonyl (C=O) groups is 2. The minimum atomic E-state index is -0.206. The Morgan fingerprint density at radius 2 is 2.03 bits per heavy atom. The van der Waals surface area contributed by atoms with E-state index < -0.39 is 0 Å². The van der Waals surface area contributed by atoms with E-state index in [0.29, 0.717) is 24.3 Å². The highest BCUT2D eigenvalue weighted by molar-refractivity contribution is 5.86. The summed E-state index contributed by atoms with van der Waals surface area (Å²) in [5.74, 6) is 0.0377. The number of imidazole rings is 1. The fourth-order valence-electron chi connectivity index (χ4n) is 3.09. The third-order valence-electron chi connectivity index (χ3n) is 4.61. The number of carbonyl (C=O) groups excluding carboxylic acids is 2. The molecule has 0 bridgehead atoms. The van der Waals surface area contributed by atoms with E-state index in [1.807, 2.05) is 7.05 Å². The second-order valence-corrected chi connectivity index (χ2v) is 7.07. The Morgan fingerprint density at radius 3 is 2.70 bits per heavy atom. The Morgan fingerprint density at radius 1 is 1.27 bits per heavy atom. The van der Waals surface area contributed by atoms with Gasteiger partial charge in [-0.2, -0.15) is 0 Å². The summed E-state index contributed by atoms with van der Waals surface area (Å²) in [7, 11) is 1.83. The number of nitrogen functional groups attached to an aromatic ring is 1. The molecule has 0 spiro atoms. The molecule has 0 saturated heterocycles. The van der Waals surface area contributed by atoms with Crippen LogP contribution in [0.4, 0.5) is 5.82 Å². The van der Waals surface area contributed by atoms with Gasteiger partial charge in [0.2, 0.25) is 5.91 Å². The van der Waals surface area contributed by atoms with Crippen LogP contribution in [0.2, 0.25) is 0 Å². The number of ketones is 1. The van der Waals surface area contributed by atoms with Gasteiger partial charge in [-0.15, -0.1) is 0 Å². The highest BCUT2D eigenvalue weighted by atomic mass is 16.2. The van der Waals surface area contributed by atoms with Gasteiger partial charge in [-0.25, -0.2) is 15.0 Å². The van der Waals surface area contributed by atoms with Crippen molar-refractivity contribution in [1.29, 1.82) is 0 Å². The van der Waals surface area contributed by atoms with E-state index in [4.69, 9.17) is 17.2 Å². The zero-order valence-electron chi connectivity index (χ0n) is 17.4. The number of aliphatic imine (C=N–C) groups is 1. The summed E-state index contributed by atoms with van der Waals surface area (Å²) in [6.45, 7) is 2.47. The summed E-state index contributed by atoms with van der Waals surface area (Å²) in [6, 6.07) is 0.0324. The van der Waals surface area contributed by atoms with E-state index in [1.54, 1.807) is 9.47 Å². The molecule has 0 fully saturated rings. The summed E-state index contributed by atoms with van der Waals surface area (Å²) in [6.07, 6.45) is 5.35. The number of rotatable bonds is 12. The van der Waals surface area contributed by atoms with Crippen LogP contribution in [-0.2, 0) is 16.1 Å². The van der Waals surface area contributed by atoms with Crippen LogP contribution in [0.3, 0.4) is 0 Å². The molecule has 12 nitrogen and oxygen atoms in total. The maximum Gasteiger partial charge on any atom is 0.243 e. The molecule has 0 saturated carbocycles. The van der Waals surface area contributed by atoms with Crippen molar-refractivity contribution < 1.29 is 9.59 Å². The molecule has 164 valence electrons. The highest BCUT2D eigenvalue weighted by Gasteiger charge is 2.21. The molecule has 1 atom stereocenters. The quantitative estimate of drug-likeness (QED) is 0.188. The zero-order valence-corrected chi connectivity index (χ0v) is 17.4. The molecule has 1 amide bonds. The Bertz CT molecular complexity index is 890. The lowest BCUT2D eigenvalue weighted by Gasteiger charge is -2.27. The molecular weight excluding hydrogens is 388 g/mol. The van der Waals surface area contributed by atoms with Crippen molar-refractivity contribution in [2.75, 3.05) is 32.4 Å². The van der Waals surface area contributed by atoms with Crippen molar-refractivity contribution in [2.24, 2.45) is 16.5 Å². The first-order chi connectivity index (χ1) is 14.3. The van der Waals surface area contributed by atoms with Crippen molar-refractivity contribution in [2.45, 2.75) is 38.8 Å². The monoisotopic (exact) mass is 418 g/mol. The lowest BCUT2D eigenvalue weighted by molar-refractivity contribution is -0.135. The number of likely N-dealkylation sites (N-methyl/N-ethyl adjacent to an activating group) is 1. The summed E-state index contributed by atoms with van der Waals surface area (Å²) in [5, 5.41) is 3.21. The maximum atomic E-state index is 13.0. The molecule has 0 aliphatic rings. The SMILES string of the molecule is CN[C@@H](CCCCN=C(N)N)CN(CC(C)=O)C(=O)Cn1cnc2c(N)ncnc21. The number of aromatic nitrogens is 4. The number of anilines is 1. The predicted molar refractivity (Wildman–Crippen MR) is 114 cm³/mol. The van der Waals surface area contributed by atoms with E-state index in [9.17, 15) is 9.59 Å². The molecule has 2 heterocycles. The molecule has 0 unspecified atom stereocenters. The number of hydrogen-bond donors (Lipinski definition) is 4. The molecule has 0 aromatic carbocycles. The number of Topliss-reactive ketones (excluding diaryl/α,β-unsaturated/α-hetero) is 1. The number of unbranched alkanes of at least 4 members (excludes halogenated alkanes) is 1. The minimum absolute atomic E-state index is 0.00115. The Balaban J connectivity index is 2.02. The standard InChI is InChI=1S/C18H30N10O2/c1-12(29)7-27(8-13(22-2)5-3-4-6-23-18(20)21)14(30)9-28-11-26-15-16(19)24-10-25-17(15)28/h10-11,13,22H,3-9H2,1-2H3,(H2,19,24,25)(H4,20,21,23)/t13-/m0/s1. The molecule has 30 heavy (non-hydrogen) atoms. The first-order valence-corrected chi connectivity index (χ1v) is 9.73. The van der Waals surface area contributed by atoms with Crippen LogP contribution in [0, 0.1) is 0 Å². The van der Waals surface area contributed by atoms with E-state index in [0.717, 1.165) is 19.3 Å². The second-order valence-electron chi connectivity index (χ2n) is 7.07. The van der Waals surface area contributed by atoms with Crippen LogP contribution in [0.15, 0.2) is 17.6 Å². The summed E-state index contributed by atoms with van der Waals surface area (Å²) >= 11 is 0. The molecule has 7 N–H and O–H groups in total. The van der Waals surface area contributed by atoms with Gasteiger partial charge in [-0.05, 0) is 33.2 Å². The predicted octanol–water partition coefficient (Wildman–Crippen LogP) is -1.14.